The van der Waals surface area contributed by atoms with Gasteiger partial charge in [0.2, 0.25) is 5.88 Å². The number of aromatic nitrogens is 1. The van der Waals surface area contributed by atoms with Crippen molar-refractivity contribution < 1.29 is 9.84 Å². The number of aliphatic hydroxyl groups excluding tert-OH is 1. The predicted octanol–water partition coefficient (Wildman–Crippen LogP) is 1.82. The van der Waals surface area contributed by atoms with E-state index < -0.39 is 6.10 Å². The summed E-state index contributed by atoms with van der Waals surface area (Å²) < 4.78 is 5.03. The van der Waals surface area contributed by atoms with Crippen LogP contribution in [0.1, 0.15) is 11.7 Å². The van der Waals surface area contributed by atoms with Crippen LogP contribution in [0, 0.1) is 0 Å². The Balaban J connectivity index is 2.02. The van der Waals surface area contributed by atoms with Crippen molar-refractivity contribution in [2.75, 3.05) is 24.7 Å². The van der Waals surface area contributed by atoms with Gasteiger partial charge >= 0.3 is 0 Å². The van der Waals surface area contributed by atoms with Crippen molar-refractivity contribution in [3.8, 4) is 5.88 Å². The molecule has 0 saturated heterocycles. The van der Waals surface area contributed by atoms with E-state index in [0.717, 1.165) is 5.56 Å². The fraction of sp³-hybridized carbons (Fsp3) is 0.214. The highest BCUT2D eigenvalue weighted by atomic mass is 16.5. The third kappa shape index (κ3) is 3.35. The first-order valence-electron chi connectivity index (χ1n) is 5.98. The Hall–Kier alpha value is -2.27. The zero-order valence-electron chi connectivity index (χ0n) is 10.7. The zero-order valence-corrected chi connectivity index (χ0v) is 10.7. The number of rotatable bonds is 5. The molecule has 5 nitrogen and oxygen atoms in total. The van der Waals surface area contributed by atoms with Crippen LogP contribution < -0.4 is 15.8 Å². The van der Waals surface area contributed by atoms with E-state index in [-0.39, 0.29) is 0 Å². The zero-order chi connectivity index (χ0) is 13.7. The standard InChI is InChI=1S/C14H17N3O2/c1-19-13-8-7-11(15)14(17-13)16-9-12(18)10-5-3-2-4-6-10/h2-8,12,18H,9,15H2,1H3,(H,16,17). The molecular formula is C14H17N3O2. The van der Waals surface area contributed by atoms with Gasteiger partial charge in [0.1, 0.15) is 0 Å². The molecule has 100 valence electrons. The van der Waals surface area contributed by atoms with Crippen molar-refractivity contribution in [2.24, 2.45) is 0 Å². The Labute approximate surface area is 112 Å². The minimum absolute atomic E-state index is 0.328. The molecule has 1 unspecified atom stereocenters. The smallest absolute Gasteiger partial charge is 0.215 e. The number of aliphatic hydroxyl groups is 1. The van der Waals surface area contributed by atoms with E-state index in [4.69, 9.17) is 10.5 Å². The number of pyridine rings is 1. The monoisotopic (exact) mass is 259 g/mol. The molecule has 2 aromatic rings. The molecule has 4 N–H and O–H groups in total. The second kappa shape index (κ2) is 6.06. The van der Waals surface area contributed by atoms with Crippen LogP contribution >= 0.6 is 0 Å². The van der Waals surface area contributed by atoms with Crippen LogP contribution in [-0.2, 0) is 0 Å². The van der Waals surface area contributed by atoms with Gasteiger partial charge in [-0.15, -0.1) is 0 Å². The summed E-state index contributed by atoms with van der Waals surface area (Å²) in [5.41, 5.74) is 7.17. The average molecular weight is 259 g/mol. The average Bonchev–Trinajstić information content (AvgIpc) is 2.47. The van der Waals surface area contributed by atoms with Gasteiger partial charge in [-0.3, -0.25) is 0 Å². The number of anilines is 2. The van der Waals surface area contributed by atoms with E-state index in [9.17, 15) is 5.11 Å². The second-order valence-corrected chi connectivity index (χ2v) is 4.10. The van der Waals surface area contributed by atoms with Gasteiger partial charge in [0.05, 0.1) is 18.9 Å². The third-order valence-corrected chi connectivity index (χ3v) is 2.76. The highest BCUT2D eigenvalue weighted by Gasteiger charge is 2.09. The Kier molecular flexibility index (Phi) is 4.20. The number of nitrogens with two attached hydrogens (primary N) is 1. The Morgan fingerprint density at radius 3 is 2.68 bits per heavy atom. The topological polar surface area (TPSA) is 80.4 Å². The minimum Gasteiger partial charge on any atom is -0.481 e. The summed E-state index contributed by atoms with van der Waals surface area (Å²) in [5.74, 6) is 0.986. The molecule has 2 rings (SSSR count). The van der Waals surface area contributed by atoms with Crippen molar-refractivity contribution in [1.29, 1.82) is 0 Å². The van der Waals surface area contributed by atoms with E-state index >= 15 is 0 Å². The lowest BCUT2D eigenvalue weighted by atomic mass is 10.1. The molecule has 1 aromatic heterocycles. The molecule has 0 bridgehead atoms. The lowest BCUT2D eigenvalue weighted by Crippen LogP contribution is -2.14. The van der Waals surface area contributed by atoms with Crippen molar-refractivity contribution in [3.05, 3.63) is 48.0 Å². The lowest BCUT2D eigenvalue weighted by Gasteiger charge is -2.14. The SMILES string of the molecule is COc1ccc(N)c(NCC(O)c2ccccc2)n1. The van der Waals surface area contributed by atoms with E-state index in [0.29, 0.717) is 23.9 Å². The van der Waals surface area contributed by atoms with E-state index in [1.54, 1.807) is 19.2 Å². The van der Waals surface area contributed by atoms with Gasteiger partial charge in [-0.2, -0.15) is 4.98 Å². The van der Waals surface area contributed by atoms with E-state index in [1.807, 2.05) is 30.3 Å². The molecule has 1 heterocycles. The van der Waals surface area contributed by atoms with Crippen LogP contribution in [0.25, 0.3) is 0 Å². The molecular weight excluding hydrogens is 242 g/mol. The van der Waals surface area contributed by atoms with Crippen LogP contribution in [0.4, 0.5) is 11.5 Å². The summed E-state index contributed by atoms with van der Waals surface area (Å²) in [6.07, 6.45) is -0.617. The van der Waals surface area contributed by atoms with Crippen LogP contribution in [0.2, 0.25) is 0 Å². The van der Waals surface area contributed by atoms with Crippen LogP contribution in [-0.4, -0.2) is 23.7 Å². The van der Waals surface area contributed by atoms with Crippen LogP contribution in [0.5, 0.6) is 5.88 Å². The summed E-state index contributed by atoms with van der Waals surface area (Å²) in [7, 11) is 1.54. The summed E-state index contributed by atoms with van der Waals surface area (Å²) in [5, 5.41) is 13.1. The van der Waals surface area contributed by atoms with Gasteiger partial charge in [-0.25, -0.2) is 0 Å². The summed E-state index contributed by atoms with van der Waals surface area (Å²) in [6.45, 7) is 0.328. The number of hydrogen-bond donors (Lipinski definition) is 3. The molecule has 5 heteroatoms. The molecule has 1 aromatic carbocycles. The predicted molar refractivity (Wildman–Crippen MR) is 75.1 cm³/mol. The Morgan fingerprint density at radius 2 is 2.00 bits per heavy atom. The molecule has 0 saturated carbocycles. The summed E-state index contributed by atoms with van der Waals surface area (Å²) in [4.78, 5) is 4.19. The summed E-state index contributed by atoms with van der Waals surface area (Å²) in [6, 6.07) is 12.8. The molecule has 19 heavy (non-hydrogen) atoms. The van der Waals surface area contributed by atoms with Gasteiger partial charge in [-0.05, 0) is 11.6 Å². The molecule has 1 atom stereocenters. The number of hydrogen-bond acceptors (Lipinski definition) is 5. The summed E-state index contributed by atoms with van der Waals surface area (Å²) >= 11 is 0. The minimum atomic E-state index is -0.617. The normalized spacial score (nSPS) is 11.9. The molecule has 0 aliphatic rings. The number of nitrogens with zero attached hydrogens (tertiary/aromatic N) is 1. The molecule has 0 spiro atoms. The highest BCUT2D eigenvalue weighted by Crippen LogP contribution is 2.21. The number of methoxy groups -OCH3 is 1. The number of benzene rings is 1. The van der Waals surface area contributed by atoms with Gasteiger partial charge in [0.25, 0.3) is 0 Å². The maximum Gasteiger partial charge on any atom is 0.215 e. The molecule has 0 aliphatic heterocycles. The molecule has 0 radical (unpaired) electrons. The van der Waals surface area contributed by atoms with Crippen LogP contribution in [0.15, 0.2) is 42.5 Å². The van der Waals surface area contributed by atoms with Gasteiger partial charge < -0.3 is 20.9 Å². The fourth-order valence-corrected chi connectivity index (χ4v) is 1.69. The second-order valence-electron chi connectivity index (χ2n) is 4.10. The van der Waals surface area contributed by atoms with Gasteiger partial charge in [0, 0.05) is 12.6 Å². The highest BCUT2D eigenvalue weighted by molar-refractivity contribution is 5.62. The van der Waals surface area contributed by atoms with Gasteiger partial charge in [-0.1, -0.05) is 30.3 Å². The third-order valence-electron chi connectivity index (χ3n) is 2.76. The van der Waals surface area contributed by atoms with Gasteiger partial charge in [0.15, 0.2) is 5.82 Å². The Morgan fingerprint density at radius 1 is 1.26 bits per heavy atom. The maximum absolute atomic E-state index is 10.0. The fourth-order valence-electron chi connectivity index (χ4n) is 1.69. The van der Waals surface area contributed by atoms with Crippen LogP contribution in [0.3, 0.4) is 0 Å². The van der Waals surface area contributed by atoms with E-state index in [1.165, 1.54) is 0 Å². The van der Waals surface area contributed by atoms with Crippen molar-refractivity contribution in [2.45, 2.75) is 6.10 Å². The van der Waals surface area contributed by atoms with Crippen molar-refractivity contribution >= 4 is 11.5 Å². The first-order chi connectivity index (χ1) is 9.20. The number of ether oxygens (including phenoxy) is 1. The Bertz CT molecular complexity index is 531. The first kappa shape index (κ1) is 13.2. The lowest BCUT2D eigenvalue weighted by molar-refractivity contribution is 0.191. The van der Waals surface area contributed by atoms with E-state index in [2.05, 4.69) is 10.3 Å². The first-order valence-corrected chi connectivity index (χ1v) is 5.98. The largest absolute Gasteiger partial charge is 0.481 e. The quantitative estimate of drug-likeness (QED) is 0.763. The van der Waals surface area contributed by atoms with Crippen molar-refractivity contribution in [3.63, 3.8) is 0 Å². The molecule has 0 aliphatic carbocycles. The molecule has 0 amide bonds. The molecule has 0 fully saturated rings. The van der Waals surface area contributed by atoms with Crippen molar-refractivity contribution in [1.82, 2.24) is 4.98 Å². The maximum atomic E-state index is 10.0. The number of nitrogens with one attached hydrogen (secondary N) is 1. The number of nitrogen functional groups attached to an aromatic ring is 1.